The van der Waals surface area contributed by atoms with Crippen molar-refractivity contribution >= 4 is 27.2 Å². The fourth-order valence-electron chi connectivity index (χ4n) is 4.96. The molecule has 184 valence electrons. The van der Waals surface area contributed by atoms with Crippen molar-refractivity contribution in [1.82, 2.24) is 14.4 Å². The zero-order valence-electron chi connectivity index (χ0n) is 19.6. The van der Waals surface area contributed by atoms with E-state index in [4.69, 9.17) is 0 Å². The first-order valence-corrected chi connectivity index (χ1v) is 13.4. The highest BCUT2D eigenvalue weighted by atomic mass is 32.2. The lowest BCUT2D eigenvalue weighted by Gasteiger charge is -2.33. The fraction of sp³-hybridized carbons (Fsp3) is 0.500. The van der Waals surface area contributed by atoms with Gasteiger partial charge in [-0.15, -0.1) is 0 Å². The molecule has 2 aliphatic heterocycles. The minimum Gasteiger partial charge on any atom is -0.344 e. The van der Waals surface area contributed by atoms with E-state index in [1.807, 2.05) is 29.4 Å². The molecule has 0 radical (unpaired) electrons. The number of nitrogens with zero attached hydrogens (tertiary/aromatic N) is 3. The van der Waals surface area contributed by atoms with Gasteiger partial charge in [0.1, 0.15) is 5.82 Å². The summed E-state index contributed by atoms with van der Waals surface area (Å²) in [6.07, 6.45) is 0.584. The Hall–Kier alpha value is -2.56. The second-order valence-corrected chi connectivity index (χ2v) is 11.5. The number of rotatable bonds is 7. The number of halogens is 1. The van der Waals surface area contributed by atoms with E-state index in [1.165, 1.54) is 12.1 Å². The topological polar surface area (TPSA) is 91.7 Å². The summed E-state index contributed by atoms with van der Waals surface area (Å²) in [5.41, 5.74) is 2.83. The first-order chi connectivity index (χ1) is 16.1. The van der Waals surface area contributed by atoms with Gasteiger partial charge in [-0.2, -0.15) is 0 Å². The standard InChI is InChI=1S/C24H31FN4O4S/c1-17-12-22(18(2)29(17)21-6-11-34(32,33)16-21)23(30)14-27-7-9-28(10-8-27)15-24(31)26-20-5-3-4-19(25)13-20/h3-5,12-13,21H,6-11,14-16H2,1-2H3,(H,26,31)/t21-/m1/s1. The summed E-state index contributed by atoms with van der Waals surface area (Å²) in [6.45, 7) is 6.95. The molecule has 0 bridgehead atoms. The summed E-state index contributed by atoms with van der Waals surface area (Å²) < 4.78 is 39.1. The van der Waals surface area contributed by atoms with Crippen molar-refractivity contribution in [1.29, 1.82) is 0 Å². The summed E-state index contributed by atoms with van der Waals surface area (Å²) in [5, 5.41) is 2.71. The van der Waals surface area contributed by atoms with Gasteiger partial charge in [-0.25, -0.2) is 12.8 Å². The maximum absolute atomic E-state index is 13.3. The number of sulfone groups is 1. The van der Waals surface area contributed by atoms with Crippen molar-refractivity contribution < 1.29 is 22.4 Å². The van der Waals surface area contributed by atoms with Crippen LogP contribution in [0.3, 0.4) is 0 Å². The van der Waals surface area contributed by atoms with Crippen molar-refractivity contribution in [2.75, 3.05) is 56.1 Å². The maximum atomic E-state index is 13.3. The van der Waals surface area contributed by atoms with Crippen molar-refractivity contribution in [3.8, 4) is 0 Å². The number of piperazine rings is 1. The molecule has 4 rings (SSSR count). The summed E-state index contributed by atoms with van der Waals surface area (Å²) in [7, 11) is -3.01. The molecule has 1 aromatic heterocycles. The van der Waals surface area contributed by atoms with Crippen LogP contribution >= 0.6 is 0 Å². The lowest BCUT2D eigenvalue weighted by Crippen LogP contribution is -2.49. The van der Waals surface area contributed by atoms with Crippen LogP contribution in [0.4, 0.5) is 10.1 Å². The third kappa shape index (κ3) is 5.73. The van der Waals surface area contributed by atoms with Crippen LogP contribution in [0.5, 0.6) is 0 Å². The molecular weight excluding hydrogens is 459 g/mol. The minimum atomic E-state index is -3.01. The number of anilines is 1. The highest BCUT2D eigenvalue weighted by molar-refractivity contribution is 7.91. The Balaban J connectivity index is 1.28. The van der Waals surface area contributed by atoms with E-state index in [2.05, 4.69) is 10.2 Å². The van der Waals surface area contributed by atoms with Crippen LogP contribution in [0.15, 0.2) is 30.3 Å². The molecule has 1 N–H and O–H groups in total. The maximum Gasteiger partial charge on any atom is 0.238 e. The second-order valence-electron chi connectivity index (χ2n) is 9.25. The molecule has 2 saturated heterocycles. The van der Waals surface area contributed by atoms with Gasteiger partial charge in [0, 0.05) is 54.9 Å². The molecule has 8 nitrogen and oxygen atoms in total. The van der Waals surface area contributed by atoms with E-state index in [-0.39, 0.29) is 42.3 Å². The van der Waals surface area contributed by atoms with Gasteiger partial charge in [-0.1, -0.05) is 6.07 Å². The van der Waals surface area contributed by atoms with Gasteiger partial charge in [0.25, 0.3) is 0 Å². The number of benzene rings is 1. The largest absolute Gasteiger partial charge is 0.344 e. The summed E-state index contributed by atoms with van der Waals surface area (Å²) in [5.74, 6) is -0.243. The van der Waals surface area contributed by atoms with Crippen LogP contribution in [-0.4, -0.2) is 85.2 Å². The van der Waals surface area contributed by atoms with Gasteiger partial charge < -0.3 is 9.88 Å². The molecule has 1 amide bonds. The summed E-state index contributed by atoms with van der Waals surface area (Å²) in [6, 6.07) is 7.57. The molecular formula is C24H31FN4O4S. The molecule has 2 aliphatic rings. The number of nitrogens with one attached hydrogen (secondary N) is 1. The smallest absolute Gasteiger partial charge is 0.238 e. The Bertz CT molecular complexity index is 1190. The number of aromatic nitrogens is 1. The molecule has 0 aliphatic carbocycles. The minimum absolute atomic E-state index is 0.0255. The molecule has 1 aromatic carbocycles. The van der Waals surface area contributed by atoms with Gasteiger partial charge in [0.15, 0.2) is 15.6 Å². The molecule has 3 heterocycles. The predicted octanol–water partition coefficient (Wildman–Crippen LogP) is 2.04. The van der Waals surface area contributed by atoms with Gasteiger partial charge in [-0.3, -0.25) is 19.4 Å². The lowest BCUT2D eigenvalue weighted by molar-refractivity contribution is -0.117. The molecule has 1 atom stereocenters. The second kappa shape index (κ2) is 9.97. The quantitative estimate of drug-likeness (QED) is 0.598. The van der Waals surface area contributed by atoms with Crippen LogP contribution in [0.1, 0.15) is 34.2 Å². The average molecular weight is 491 g/mol. The molecule has 10 heteroatoms. The Morgan fingerprint density at radius 2 is 1.74 bits per heavy atom. The van der Waals surface area contributed by atoms with Gasteiger partial charge in [0.05, 0.1) is 24.6 Å². The van der Waals surface area contributed by atoms with E-state index in [0.717, 1.165) is 11.4 Å². The van der Waals surface area contributed by atoms with E-state index in [9.17, 15) is 22.4 Å². The summed E-state index contributed by atoms with van der Waals surface area (Å²) >= 11 is 0. The Labute approximate surface area is 199 Å². The van der Waals surface area contributed by atoms with Crippen LogP contribution in [0, 0.1) is 19.7 Å². The van der Waals surface area contributed by atoms with Crippen molar-refractivity contribution in [2.24, 2.45) is 0 Å². The van der Waals surface area contributed by atoms with Gasteiger partial charge in [-0.05, 0) is 44.5 Å². The fourth-order valence-corrected chi connectivity index (χ4v) is 6.66. The number of hydrogen-bond donors (Lipinski definition) is 1. The molecule has 2 fully saturated rings. The van der Waals surface area contributed by atoms with E-state index in [1.54, 1.807) is 12.1 Å². The molecule has 0 saturated carbocycles. The summed E-state index contributed by atoms with van der Waals surface area (Å²) in [4.78, 5) is 29.4. The average Bonchev–Trinajstić information content (AvgIpc) is 3.27. The van der Waals surface area contributed by atoms with Crippen LogP contribution in [0.25, 0.3) is 0 Å². The Morgan fingerprint density at radius 3 is 2.35 bits per heavy atom. The molecule has 2 aromatic rings. The van der Waals surface area contributed by atoms with Crippen molar-refractivity contribution in [3.63, 3.8) is 0 Å². The van der Waals surface area contributed by atoms with E-state index in [0.29, 0.717) is 43.9 Å². The van der Waals surface area contributed by atoms with E-state index < -0.39 is 15.7 Å². The number of hydrogen-bond acceptors (Lipinski definition) is 6. The van der Waals surface area contributed by atoms with Crippen molar-refractivity contribution in [2.45, 2.75) is 26.3 Å². The van der Waals surface area contributed by atoms with Crippen LogP contribution < -0.4 is 5.32 Å². The highest BCUT2D eigenvalue weighted by Crippen LogP contribution is 2.29. The van der Waals surface area contributed by atoms with Crippen molar-refractivity contribution in [3.05, 3.63) is 53.1 Å². The highest BCUT2D eigenvalue weighted by Gasteiger charge is 2.32. The number of amides is 1. The Morgan fingerprint density at radius 1 is 1.06 bits per heavy atom. The number of ketones is 1. The van der Waals surface area contributed by atoms with Crippen LogP contribution in [0.2, 0.25) is 0 Å². The molecule has 34 heavy (non-hydrogen) atoms. The zero-order valence-corrected chi connectivity index (χ0v) is 20.4. The monoisotopic (exact) mass is 490 g/mol. The first-order valence-electron chi connectivity index (χ1n) is 11.5. The Kier molecular flexibility index (Phi) is 7.20. The first kappa shape index (κ1) is 24.6. The normalized spacial score (nSPS) is 21.0. The SMILES string of the molecule is Cc1cc(C(=O)CN2CCN(CC(=O)Nc3cccc(F)c3)CC2)c(C)n1[C@@H]1CCS(=O)(=O)C1. The molecule has 0 spiro atoms. The molecule has 0 unspecified atom stereocenters. The number of carbonyl (C=O) groups excluding carboxylic acids is 2. The lowest BCUT2D eigenvalue weighted by atomic mass is 10.1. The predicted molar refractivity (Wildman–Crippen MR) is 128 cm³/mol. The number of aryl methyl sites for hydroxylation is 1. The number of Topliss-reactive ketones (excluding diaryl/α,β-unsaturated/α-hetero) is 1. The van der Waals surface area contributed by atoms with Gasteiger partial charge >= 0.3 is 0 Å². The van der Waals surface area contributed by atoms with E-state index >= 15 is 0 Å². The third-order valence-electron chi connectivity index (χ3n) is 6.67. The number of carbonyl (C=O) groups is 2. The van der Waals surface area contributed by atoms with Gasteiger partial charge in [0.2, 0.25) is 5.91 Å². The van der Waals surface area contributed by atoms with Crippen LogP contribution in [-0.2, 0) is 14.6 Å². The zero-order chi connectivity index (χ0) is 24.5. The third-order valence-corrected chi connectivity index (χ3v) is 8.42.